The second-order valence-corrected chi connectivity index (χ2v) is 29.6. The number of pyridine rings is 8. The van der Waals surface area contributed by atoms with Crippen LogP contribution in [0.4, 0.5) is 4.39 Å². The molecule has 130 heavy (non-hydrogen) atoms. The normalized spacial score (nSPS) is 11.1. The van der Waals surface area contributed by atoms with E-state index in [4.69, 9.17) is 45.1 Å². The minimum absolute atomic E-state index is 0. The van der Waals surface area contributed by atoms with Gasteiger partial charge in [0.25, 0.3) is 0 Å². The van der Waals surface area contributed by atoms with Gasteiger partial charge in [0.1, 0.15) is 57.4 Å². The fourth-order valence-electron chi connectivity index (χ4n) is 14.5. The van der Waals surface area contributed by atoms with Gasteiger partial charge < -0.3 is 43.4 Å². The van der Waals surface area contributed by atoms with Gasteiger partial charge in [-0.2, -0.15) is 97.1 Å². The molecule has 0 saturated carbocycles. The third-order valence-corrected chi connectivity index (χ3v) is 19.5. The van der Waals surface area contributed by atoms with Crippen molar-refractivity contribution in [1.82, 2.24) is 58.1 Å². The quantitative estimate of drug-likeness (QED) is 0.0593. The average molecular weight is 2440 g/mol. The SMILES string of the molecule is CC(=O)C=C(C)O.CC(=O)C=C(C)O.CC(=O)C=C(C)O.CC(=O)C=C(C)O.COc1ccc2nc(-n3c4[c-]cccc4c4cccnc43)ccc2c1.Cc1ccc2nc(-n3c4[c-]cccc4c4cccnc43)cc(C)c2c1.Cc1ccc2nc(-n3c4[c-]cccc4c4cccnc43)ccc2c1.Fc1ccc2nc(-n3c4[c-]cccc4c4cccnc43)ccc2c1.[Ir].[Ir].[Ir].[Ir]. The number of aliphatic hydroxyl groups excluding tert-OH is 4. The van der Waals surface area contributed by atoms with Crippen LogP contribution in [0, 0.1) is 50.9 Å². The number of aromatic nitrogens is 12. The summed E-state index contributed by atoms with van der Waals surface area (Å²) in [6, 6.07) is 90.9. The Kier molecular flexibility index (Phi) is 35.3. The summed E-state index contributed by atoms with van der Waals surface area (Å²) in [6.45, 7) is 17.7. The molecule has 4 radical (unpaired) electrons. The summed E-state index contributed by atoms with van der Waals surface area (Å²) < 4.78 is 26.9. The number of allylic oxidation sites excluding steroid dienone is 8. The number of carbonyl (C=O) groups is 4. The Morgan fingerprint density at radius 3 is 0.946 bits per heavy atom. The van der Waals surface area contributed by atoms with Gasteiger partial charge in [-0.3, -0.25) is 19.2 Å². The topological polar surface area (TPSA) is 281 Å². The van der Waals surface area contributed by atoms with Crippen molar-refractivity contribution < 1.29 is 129 Å². The molecular weight excluding hydrogens is 2350 g/mol. The molecule has 664 valence electrons. The molecule has 20 aromatic rings. The molecule has 0 spiro atoms. The van der Waals surface area contributed by atoms with Gasteiger partial charge in [-0.15, -0.1) is 21.5 Å². The molecule has 0 bridgehead atoms. The first kappa shape index (κ1) is 100. The van der Waals surface area contributed by atoms with Crippen LogP contribution in [0.25, 0.3) is 155 Å². The van der Waals surface area contributed by atoms with E-state index in [2.05, 4.69) is 182 Å². The van der Waals surface area contributed by atoms with E-state index in [1.54, 1.807) is 19.4 Å². The molecule has 0 aliphatic carbocycles. The largest absolute Gasteiger partial charge is 0.512 e. The molecule has 12 aromatic heterocycles. The van der Waals surface area contributed by atoms with Crippen LogP contribution in [0.1, 0.15) is 72.1 Å². The van der Waals surface area contributed by atoms with E-state index in [0.29, 0.717) is 0 Å². The summed E-state index contributed by atoms with van der Waals surface area (Å²) in [5.41, 5.74) is 14.8. The van der Waals surface area contributed by atoms with E-state index in [9.17, 15) is 23.6 Å². The second-order valence-electron chi connectivity index (χ2n) is 29.6. The Balaban J connectivity index is 0.000000176. The van der Waals surface area contributed by atoms with Crippen molar-refractivity contribution in [2.45, 2.75) is 76.2 Å². The van der Waals surface area contributed by atoms with Crippen molar-refractivity contribution in [3.8, 4) is 29.0 Å². The van der Waals surface area contributed by atoms with Crippen LogP contribution in [0.2, 0.25) is 0 Å². The van der Waals surface area contributed by atoms with E-state index in [1.165, 1.54) is 114 Å². The standard InChI is InChI=1S/C22H16N3.C21H14N3O.C21H14N3.C20H11FN3.4C5H8O2.4Ir/c1-14-9-10-19-18(12-14)15(2)13-21(24-19)25-20-8-4-3-6-16(20)17-7-5-11-23-22(17)25;1-25-15-9-10-18-14(13-15)8-11-20(23-18)24-19-7-3-2-5-16(19)17-6-4-12-22-21(17)24;1-14-8-10-18-15(13-14)9-11-20(23-18)24-19-7-3-2-5-16(19)17-6-4-12-22-21(17)24;21-14-8-9-17-13(12-14)7-10-19(23-17)24-18-6-2-1-4-15(18)16-5-3-11-22-20(16)24;4*1-4(6)3-5(2)7;;;;/h3-7,9-13H,1-2H3;2-6,8-13H,1H3;2-6,8-13H,1H3;1-5,7-12H;4*3,6H,1-2H3;;;;/q4*-1;;;;;;;;. The summed E-state index contributed by atoms with van der Waals surface area (Å²) >= 11 is 0. The van der Waals surface area contributed by atoms with Crippen LogP contribution < -0.4 is 4.74 Å². The van der Waals surface area contributed by atoms with Crippen LogP contribution in [-0.2, 0) is 99.6 Å². The Labute approximate surface area is 803 Å². The number of benzene rings is 8. The Morgan fingerprint density at radius 2 is 0.615 bits per heavy atom. The molecule has 0 fully saturated rings. The van der Waals surface area contributed by atoms with Gasteiger partial charge in [0.2, 0.25) is 0 Å². The number of nitrogens with zero attached hydrogens (tertiary/aromatic N) is 12. The van der Waals surface area contributed by atoms with Crippen molar-refractivity contribution in [3.63, 3.8) is 0 Å². The molecule has 0 aliphatic heterocycles. The van der Waals surface area contributed by atoms with Crippen molar-refractivity contribution in [1.29, 1.82) is 0 Å². The summed E-state index contributed by atoms with van der Waals surface area (Å²) in [6.07, 6.45) is 11.9. The van der Waals surface area contributed by atoms with Gasteiger partial charge in [-0.25, -0.2) is 44.3 Å². The molecule has 21 nitrogen and oxygen atoms in total. The van der Waals surface area contributed by atoms with Crippen molar-refractivity contribution >= 4 is 154 Å². The number of para-hydroxylation sites is 4. The fourth-order valence-corrected chi connectivity index (χ4v) is 14.5. The molecule has 12 heterocycles. The first-order valence-corrected chi connectivity index (χ1v) is 40.0. The number of aryl methyl sites for hydroxylation is 3. The number of hydrogen-bond acceptors (Lipinski definition) is 17. The average Bonchev–Trinajstić information content (AvgIpc) is 1.56. The van der Waals surface area contributed by atoms with Gasteiger partial charge in [-0.1, -0.05) is 69.6 Å². The number of hydrogen-bond donors (Lipinski definition) is 4. The zero-order valence-electron chi connectivity index (χ0n) is 72.5. The van der Waals surface area contributed by atoms with Gasteiger partial charge >= 0.3 is 0 Å². The van der Waals surface area contributed by atoms with Crippen molar-refractivity contribution in [2.24, 2.45) is 0 Å². The first-order chi connectivity index (χ1) is 60.7. The summed E-state index contributed by atoms with van der Waals surface area (Å²) in [4.78, 5) is 77.7. The molecule has 0 unspecified atom stereocenters. The van der Waals surface area contributed by atoms with Crippen molar-refractivity contribution in [2.75, 3.05) is 7.11 Å². The summed E-state index contributed by atoms with van der Waals surface area (Å²) in [5, 5.41) is 46.5. The Morgan fingerprint density at radius 1 is 0.323 bits per heavy atom. The number of ether oxygens (including phenoxy) is 1. The number of fused-ring (bicyclic) bond motifs is 16. The molecule has 0 amide bonds. The third kappa shape index (κ3) is 24.0. The van der Waals surface area contributed by atoms with E-state index in [1.807, 2.05) is 138 Å². The second kappa shape index (κ2) is 45.9. The third-order valence-electron chi connectivity index (χ3n) is 19.5. The van der Waals surface area contributed by atoms with Gasteiger partial charge in [-0.05, 0) is 231 Å². The number of ketones is 4. The first-order valence-electron chi connectivity index (χ1n) is 40.0. The van der Waals surface area contributed by atoms with Crippen LogP contribution in [0.5, 0.6) is 5.75 Å². The molecule has 20 rings (SSSR count). The van der Waals surface area contributed by atoms with E-state index >= 15 is 0 Å². The van der Waals surface area contributed by atoms with Gasteiger partial charge in [0, 0.05) is 151 Å². The minimum atomic E-state index is -0.260. The predicted molar refractivity (Wildman–Crippen MR) is 500 cm³/mol. The fraction of sp³-hybridized carbons (Fsp3) is 0.115. The molecular formula is C104H87FIr4N12O9-4. The summed E-state index contributed by atoms with van der Waals surface area (Å²) in [5.74, 6) is 3.65. The zero-order chi connectivity index (χ0) is 89.4. The van der Waals surface area contributed by atoms with Gasteiger partial charge in [0.05, 0.1) is 52.2 Å². The maximum absolute atomic E-state index is 13.4. The van der Waals surface area contributed by atoms with Crippen LogP contribution in [-0.4, -0.2) is 109 Å². The molecule has 8 aromatic carbocycles. The predicted octanol–water partition coefficient (Wildman–Crippen LogP) is 23.3. The summed E-state index contributed by atoms with van der Waals surface area (Å²) in [7, 11) is 1.67. The zero-order valence-corrected chi connectivity index (χ0v) is 82.1. The van der Waals surface area contributed by atoms with E-state index < -0.39 is 0 Å². The smallest absolute Gasteiger partial charge is 0.155 e. The monoisotopic (exact) mass is 2440 g/mol. The van der Waals surface area contributed by atoms with Crippen LogP contribution in [0.15, 0.2) is 309 Å². The number of carbonyl (C=O) groups excluding carboxylic acids is 4. The Bertz CT molecular complexity index is 7160. The van der Waals surface area contributed by atoms with Gasteiger partial charge in [0.15, 0.2) is 23.1 Å². The number of halogens is 1. The van der Waals surface area contributed by atoms with Crippen molar-refractivity contribution in [3.05, 3.63) is 355 Å². The molecule has 0 atom stereocenters. The Hall–Kier alpha value is -13.6. The van der Waals surface area contributed by atoms with E-state index in [0.717, 1.165) is 155 Å². The molecule has 4 N–H and O–H groups in total. The number of rotatable bonds is 9. The molecule has 0 saturated heterocycles. The van der Waals surface area contributed by atoms with E-state index in [-0.39, 0.29) is 132 Å². The minimum Gasteiger partial charge on any atom is -0.512 e. The number of aliphatic hydroxyl groups is 4. The number of methoxy groups -OCH3 is 1. The maximum atomic E-state index is 13.4. The maximum Gasteiger partial charge on any atom is 0.155 e. The molecule has 0 aliphatic rings. The van der Waals surface area contributed by atoms with Crippen LogP contribution in [0.3, 0.4) is 0 Å². The molecule has 26 heteroatoms. The van der Waals surface area contributed by atoms with Crippen LogP contribution >= 0.6 is 0 Å².